The Labute approximate surface area is 264 Å². The van der Waals surface area contributed by atoms with E-state index >= 15 is 0 Å². The van der Waals surface area contributed by atoms with Crippen molar-refractivity contribution < 1.29 is 29.0 Å². The summed E-state index contributed by atoms with van der Waals surface area (Å²) in [5, 5.41) is 10.3. The fourth-order valence-electron chi connectivity index (χ4n) is 7.54. The number of ether oxygens (including phenoxy) is 1. The van der Waals surface area contributed by atoms with Gasteiger partial charge >= 0.3 is 0 Å². The first-order valence-electron chi connectivity index (χ1n) is 14.0. The Morgan fingerprint density at radius 3 is 1.86 bits per heavy atom. The molecule has 218 valence electrons. The quantitative estimate of drug-likeness (QED) is 0.265. The van der Waals surface area contributed by atoms with Gasteiger partial charge in [0.05, 0.1) is 42.2 Å². The third kappa shape index (κ3) is 4.29. The molecule has 1 N–H and O–H groups in total. The first-order chi connectivity index (χ1) is 20.7. The van der Waals surface area contributed by atoms with Crippen molar-refractivity contribution >= 4 is 66.9 Å². The molecule has 2 saturated heterocycles. The Bertz CT molecular complexity index is 1720. The van der Waals surface area contributed by atoms with Crippen LogP contribution in [0.4, 0.5) is 11.4 Å². The zero-order valence-electron chi connectivity index (χ0n) is 22.9. The van der Waals surface area contributed by atoms with Crippen molar-refractivity contribution in [3.05, 3.63) is 92.9 Å². The highest BCUT2D eigenvalue weighted by molar-refractivity contribution is 9.10. The van der Waals surface area contributed by atoms with Gasteiger partial charge in [-0.1, -0.05) is 49.6 Å². The highest BCUT2D eigenvalue weighted by atomic mass is 79.9. The molecule has 3 aromatic carbocycles. The van der Waals surface area contributed by atoms with Crippen LogP contribution in [0.1, 0.15) is 24.3 Å². The number of carbonyl (C=O) groups excluding carboxylic acids is 4. The second-order valence-electron chi connectivity index (χ2n) is 11.4. The molecule has 0 radical (unpaired) electrons. The van der Waals surface area contributed by atoms with Crippen molar-refractivity contribution in [2.45, 2.75) is 18.8 Å². The fourth-order valence-corrected chi connectivity index (χ4v) is 8.07. The van der Waals surface area contributed by atoms with E-state index in [1.54, 1.807) is 60.7 Å². The summed E-state index contributed by atoms with van der Waals surface area (Å²) in [6, 6.07) is 19.0. The second-order valence-corrected chi connectivity index (χ2v) is 13.3. The van der Waals surface area contributed by atoms with E-state index in [1.165, 1.54) is 23.0 Å². The topological polar surface area (TPSA) is 104 Å². The van der Waals surface area contributed by atoms with Gasteiger partial charge in [0.25, 0.3) is 0 Å². The molecular weight excluding hydrogens is 680 g/mol. The van der Waals surface area contributed by atoms with Crippen LogP contribution >= 0.6 is 31.9 Å². The molecule has 43 heavy (non-hydrogen) atoms. The molecule has 2 aliphatic heterocycles. The lowest BCUT2D eigenvalue weighted by Crippen LogP contribution is -2.43. The summed E-state index contributed by atoms with van der Waals surface area (Å²) in [7, 11) is 1.45. The predicted octanol–water partition coefficient (Wildman–Crippen LogP) is 5.97. The van der Waals surface area contributed by atoms with Crippen molar-refractivity contribution in [3.63, 3.8) is 0 Å². The van der Waals surface area contributed by atoms with Crippen LogP contribution in [0.15, 0.2) is 87.3 Å². The molecular formula is C33H26Br2N2O6. The molecule has 2 heterocycles. The lowest BCUT2D eigenvalue weighted by molar-refractivity contribution is -0.126. The van der Waals surface area contributed by atoms with Crippen molar-refractivity contribution in [1.29, 1.82) is 0 Å². The van der Waals surface area contributed by atoms with Crippen LogP contribution < -0.4 is 14.5 Å². The van der Waals surface area contributed by atoms with E-state index in [-0.39, 0.29) is 41.5 Å². The van der Waals surface area contributed by atoms with Crippen LogP contribution in [-0.2, 0) is 19.2 Å². The van der Waals surface area contributed by atoms with Gasteiger partial charge in [0.2, 0.25) is 23.6 Å². The zero-order valence-corrected chi connectivity index (χ0v) is 26.1. The van der Waals surface area contributed by atoms with Gasteiger partial charge in [0, 0.05) is 14.9 Å². The van der Waals surface area contributed by atoms with Gasteiger partial charge in [-0.2, -0.15) is 0 Å². The number of phenols is 1. The van der Waals surface area contributed by atoms with Crippen LogP contribution in [0.5, 0.6) is 11.5 Å². The Morgan fingerprint density at radius 1 is 0.721 bits per heavy atom. The van der Waals surface area contributed by atoms with Gasteiger partial charge in [0.1, 0.15) is 0 Å². The zero-order chi connectivity index (χ0) is 30.2. The second kappa shape index (κ2) is 10.4. The van der Waals surface area contributed by atoms with Gasteiger partial charge in [-0.3, -0.25) is 29.0 Å². The molecule has 3 aromatic rings. The number of allylic oxidation sites excluding steroid dienone is 2. The Kier molecular flexibility index (Phi) is 6.81. The van der Waals surface area contributed by atoms with Gasteiger partial charge < -0.3 is 9.84 Å². The highest BCUT2D eigenvalue weighted by Gasteiger charge is 2.62. The van der Waals surface area contributed by atoms with Crippen molar-refractivity contribution in [2.75, 3.05) is 16.9 Å². The largest absolute Gasteiger partial charge is 0.504 e. The van der Waals surface area contributed by atoms with E-state index in [9.17, 15) is 24.3 Å². The molecule has 0 unspecified atom stereocenters. The molecule has 4 aliphatic rings. The average Bonchev–Trinajstić information content (AvgIpc) is 3.41. The van der Waals surface area contributed by atoms with Crippen LogP contribution in [0, 0.1) is 29.6 Å². The van der Waals surface area contributed by atoms with Gasteiger partial charge in [-0.25, -0.2) is 0 Å². The van der Waals surface area contributed by atoms with E-state index in [0.717, 1.165) is 14.5 Å². The minimum absolute atomic E-state index is 0.0418. The molecule has 4 amide bonds. The number of halogens is 2. The Balaban J connectivity index is 1.34. The molecule has 0 aromatic heterocycles. The number of aromatic hydroxyl groups is 1. The van der Waals surface area contributed by atoms with E-state index in [0.29, 0.717) is 23.4 Å². The number of fused-ring (bicyclic) bond motifs is 4. The lowest BCUT2D eigenvalue weighted by atomic mass is 9.57. The molecule has 8 nitrogen and oxygen atoms in total. The number of hydrogen-bond donors (Lipinski definition) is 1. The van der Waals surface area contributed by atoms with Crippen LogP contribution in [0.2, 0.25) is 0 Å². The summed E-state index contributed by atoms with van der Waals surface area (Å²) in [6.45, 7) is 0. The summed E-state index contributed by atoms with van der Waals surface area (Å²) in [5.41, 5.74) is 2.58. The Hall–Kier alpha value is -3.76. The number of anilines is 2. The fraction of sp³-hybridized carbons (Fsp3) is 0.273. The number of nitrogens with zero attached hydrogens (tertiary/aromatic N) is 2. The summed E-state index contributed by atoms with van der Waals surface area (Å²) < 4.78 is 7.06. The van der Waals surface area contributed by atoms with Gasteiger partial charge in [-0.05, 0) is 85.0 Å². The molecule has 2 aliphatic carbocycles. The number of hydrogen-bond acceptors (Lipinski definition) is 6. The lowest BCUT2D eigenvalue weighted by Gasteiger charge is -2.44. The molecule has 7 rings (SSSR count). The van der Waals surface area contributed by atoms with Gasteiger partial charge in [0.15, 0.2) is 11.5 Å². The number of rotatable bonds is 4. The molecule has 0 spiro atoms. The maximum absolute atomic E-state index is 14.2. The van der Waals surface area contributed by atoms with E-state index in [4.69, 9.17) is 4.74 Å². The first-order valence-corrected chi connectivity index (χ1v) is 15.6. The highest BCUT2D eigenvalue weighted by Crippen LogP contribution is 2.58. The van der Waals surface area contributed by atoms with Crippen molar-refractivity contribution in [2.24, 2.45) is 29.6 Å². The number of amides is 4. The van der Waals surface area contributed by atoms with Crippen molar-refractivity contribution in [3.8, 4) is 11.5 Å². The average molecular weight is 706 g/mol. The summed E-state index contributed by atoms with van der Waals surface area (Å²) >= 11 is 6.82. The number of phenolic OH excluding ortho intramolecular Hbond substituents is 1. The first kappa shape index (κ1) is 28.0. The van der Waals surface area contributed by atoms with Crippen LogP contribution in [0.3, 0.4) is 0 Å². The van der Waals surface area contributed by atoms with E-state index in [2.05, 4.69) is 31.9 Å². The third-order valence-electron chi connectivity index (χ3n) is 9.38. The molecule has 10 heteroatoms. The predicted molar refractivity (Wildman–Crippen MR) is 165 cm³/mol. The standard InChI is InChI=1S/C33H26Br2N2O6/c1-43-26-14-16(2-13-25(26)38)27-21-11-12-22-28(32(41)36(30(22)39)19-7-3-17(34)4-8-19)23(21)15-24-29(27)33(42)37(31(24)40)20-9-5-18(35)6-10-20/h2-11,13-14,22-24,27-29,38H,12,15H2,1H3/t22-,23+,24+,27-,28-,29+/m0/s1. The Morgan fingerprint density at radius 2 is 1.28 bits per heavy atom. The van der Waals surface area contributed by atoms with E-state index in [1.807, 2.05) is 6.08 Å². The molecule has 6 atom stereocenters. The maximum Gasteiger partial charge on any atom is 0.238 e. The third-order valence-corrected chi connectivity index (χ3v) is 10.4. The van der Waals surface area contributed by atoms with Crippen LogP contribution in [0.25, 0.3) is 0 Å². The van der Waals surface area contributed by atoms with Crippen molar-refractivity contribution in [1.82, 2.24) is 0 Å². The van der Waals surface area contributed by atoms with E-state index < -0.39 is 35.5 Å². The number of carbonyl (C=O) groups is 4. The van der Waals surface area contributed by atoms with Crippen LogP contribution in [-0.4, -0.2) is 35.8 Å². The monoisotopic (exact) mass is 704 g/mol. The molecule has 0 bridgehead atoms. The van der Waals surface area contributed by atoms with Gasteiger partial charge in [-0.15, -0.1) is 0 Å². The minimum Gasteiger partial charge on any atom is -0.504 e. The normalized spacial score (nSPS) is 28.0. The summed E-state index contributed by atoms with van der Waals surface area (Å²) in [4.78, 5) is 58.5. The maximum atomic E-state index is 14.2. The molecule has 3 fully saturated rings. The number of methoxy groups -OCH3 is 1. The smallest absolute Gasteiger partial charge is 0.238 e. The summed E-state index contributed by atoms with van der Waals surface area (Å²) in [5.74, 6) is -4.49. The molecule has 1 saturated carbocycles. The minimum atomic E-state index is -0.709. The SMILES string of the molecule is COc1cc([C@H]2C3=CC[C@@H]4C(=O)N(c5ccc(Br)cc5)C(=O)[C@@H]4[C@@H]3C[C@H]3C(=O)N(c4ccc(Br)cc4)C(=O)[C@@H]23)ccc1O. The number of benzene rings is 3. The number of imide groups is 2. The summed E-state index contributed by atoms with van der Waals surface area (Å²) in [6.07, 6.45) is 2.65.